The molecule has 1 fully saturated rings. The lowest BCUT2D eigenvalue weighted by atomic mass is 10.1. The van der Waals surface area contributed by atoms with Gasteiger partial charge in [-0.2, -0.15) is 0 Å². The zero-order chi connectivity index (χ0) is 13.8. The maximum absolute atomic E-state index is 9.32. The Morgan fingerprint density at radius 2 is 1.55 bits per heavy atom. The molecule has 0 atom stereocenters. The molecule has 3 nitrogen and oxygen atoms in total. The molecular weight excluding hydrogens is 250 g/mol. The highest BCUT2D eigenvalue weighted by Crippen LogP contribution is 2.24. The van der Waals surface area contributed by atoms with Crippen LogP contribution in [0.4, 0.5) is 5.69 Å². The monoisotopic (exact) mass is 269 g/mol. The number of benzene rings is 2. The van der Waals surface area contributed by atoms with Crippen LogP contribution >= 0.6 is 0 Å². The highest BCUT2D eigenvalue weighted by molar-refractivity contribution is 5.49. The van der Waals surface area contributed by atoms with Gasteiger partial charge in [-0.1, -0.05) is 18.2 Å². The van der Waals surface area contributed by atoms with Gasteiger partial charge in [0, 0.05) is 31.6 Å². The van der Waals surface area contributed by atoms with Gasteiger partial charge >= 0.3 is 0 Å². The van der Waals surface area contributed by atoms with Gasteiger partial charge < -0.3 is 14.7 Å². The fourth-order valence-corrected chi connectivity index (χ4v) is 2.59. The number of para-hydroxylation sites is 1. The first kappa shape index (κ1) is 12.9. The highest BCUT2D eigenvalue weighted by atomic mass is 16.5. The van der Waals surface area contributed by atoms with Crippen LogP contribution in [0.1, 0.15) is 12.8 Å². The molecule has 2 aromatic carbocycles. The van der Waals surface area contributed by atoms with E-state index in [1.165, 1.54) is 5.69 Å². The van der Waals surface area contributed by atoms with Crippen molar-refractivity contribution in [2.45, 2.75) is 18.9 Å². The molecular formula is C17H19NO2. The average molecular weight is 269 g/mol. The van der Waals surface area contributed by atoms with Gasteiger partial charge in [0.2, 0.25) is 0 Å². The molecule has 1 heterocycles. The molecule has 0 spiro atoms. The molecule has 3 heteroatoms. The second-order valence-electron chi connectivity index (χ2n) is 5.13. The number of ether oxygens (including phenoxy) is 1. The molecule has 1 aliphatic rings. The van der Waals surface area contributed by atoms with Gasteiger partial charge in [0.15, 0.2) is 0 Å². The molecule has 3 rings (SSSR count). The molecule has 0 unspecified atom stereocenters. The zero-order valence-electron chi connectivity index (χ0n) is 11.4. The van der Waals surface area contributed by atoms with E-state index in [1.807, 2.05) is 42.5 Å². The van der Waals surface area contributed by atoms with Crippen molar-refractivity contribution in [2.75, 3.05) is 18.0 Å². The SMILES string of the molecule is Oc1ccc(N2CCC(Oc3ccccc3)CC2)cc1. The molecule has 0 radical (unpaired) electrons. The number of phenolic OH excluding ortho intramolecular Hbond substituents is 1. The molecule has 0 saturated carbocycles. The minimum Gasteiger partial charge on any atom is -0.508 e. The van der Waals surface area contributed by atoms with Crippen molar-refractivity contribution >= 4 is 5.69 Å². The number of rotatable bonds is 3. The molecule has 20 heavy (non-hydrogen) atoms. The van der Waals surface area contributed by atoms with Crippen molar-refractivity contribution in [3.05, 3.63) is 54.6 Å². The maximum atomic E-state index is 9.32. The molecule has 1 aliphatic heterocycles. The third-order valence-electron chi connectivity index (χ3n) is 3.70. The minimum atomic E-state index is 0.297. The quantitative estimate of drug-likeness (QED) is 0.926. The highest BCUT2D eigenvalue weighted by Gasteiger charge is 2.20. The summed E-state index contributed by atoms with van der Waals surface area (Å²) in [5.41, 5.74) is 1.17. The summed E-state index contributed by atoms with van der Waals surface area (Å²) >= 11 is 0. The normalized spacial score (nSPS) is 16.1. The molecule has 1 N–H and O–H groups in total. The molecule has 0 aromatic heterocycles. The van der Waals surface area contributed by atoms with Gasteiger partial charge in [-0.05, 0) is 36.4 Å². The van der Waals surface area contributed by atoms with Gasteiger partial charge in [-0.3, -0.25) is 0 Å². The largest absolute Gasteiger partial charge is 0.508 e. The predicted octanol–water partition coefficient (Wildman–Crippen LogP) is 3.44. The second-order valence-corrected chi connectivity index (χ2v) is 5.13. The van der Waals surface area contributed by atoms with Gasteiger partial charge in [0.05, 0.1) is 0 Å². The Bertz CT molecular complexity index is 531. The van der Waals surface area contributed by atoms with Crippen molar-refractivity contribution in [1.29, 1.82) is 0 Å². The third-order valence-corrected chi connectivity index (χ3v) is 3.70. The van der Waals surface area contributed by atoms with Crippen LogP contribution in [0.3, 0.4) is 0 Å². The van der Waals surface area contributed by atoms with Crippen LogP contribution in [-0.2, 0) is 0 Å². The Morgan fingerprint density at radius 3 is 2.20 bits per heavy atom. The van der Waals surface area contributed by atoms with Crippen molar-refractivity contribution in [1.82, 2.24) is 0 Å². The first-order valence-electron chi connectivity index (χ1n) is 7.07. The lowest BCUT2D eigenvalue weighted by Gasteiger charge is -2.33. The Balaban J connectivity index is 1.55. The fourth-order valence-electron chi connectivity index (χ4n) is 2.59. The summed E-state index contributed by atoms with van der Waals surface area (Å²) in [7, 11) is 0. The Kier molecular flexibility index (Phi) is 3.77. The van der Waals surface area contributed by atoms with Gasteiger partial charge in [0.25, 0.3) is 0 Å². The van der Waals surface area contributed by atoms with E-state index >= 15 is 0 Å². The number of aromatic hydroxyl groups is 1. The smallest absolute Gasteiger partial charge is 0.119 e. The summed E-state index contributed by atoms with van der Waals surface area (Å²) < 4.78 is 5.99. The molecule has 2 aromatic rings. The number of hydrogen-bond donors (Lipinski definition) is 1. The van der Waals surface area contributed by atoms with Crippen molar-refractivity contribution in [3.63, 3.8) is 0 Å². The van der Waals surface area contributed by atoms with Crippen LogP contribution in [0.25, 0.3) is 0 Å². The summed E-state index contributed by atoms with van der Waals surface area (Å²) in [6.07, 6.45) is 2.34. The van der Waals surface area contributed by atoms with Crippen LogP contribution in [0.2, 0.25) is 0 Å². The van der Waals surface area contributed by atoms with Gasteiger partial charge in [-0.25, -0.2) is 0 Å². The summed E-state index contributed by atoms with van der Waals surface area (Å²) in [5, 5.41) is 9.32. The van der Waals surface area contributed by atoms with Crippen molar-refractivity contribution in [2.24, 2.45) is 0 Å². The molecule has 104 valence electrons. The van der Waals surface area contributed by atoms with Crippen LogP contribution in [0.15, 0.2) is 54.6 Å². The number of phenols is 1. The van der Waals surface area contributed by atoms with E-state index in [9.17, 15) is 5.11 Å². The topological polar surface area (TPSA) is 32.7 Å². The Morgan fingerprint density at radius 1 is 0.900 bits per heavy atom. The van der Waals surface area contributed by atoms with Crippen molar-refractivity contribution < 1.29 is 9.84 Å². The molecule has 1 saturated heterocycles. The maximum Gasteiger partial charge on any atom is 0.119 e. The molecule has 0 aliphatic carbocycles. The van der Waals surface area contributed by atoms with Crippen molar-refractivity contribution in [3.8, 4) is 11.5 Å². The van der Waals surface area contributed by atoms with Crippen LogP contribution in [0, 0.1) is 0 Å². The van der Waals surface area contributed by atoms with E-state index in [0.29, 0.717) is 11.9 Å². The molecule has 0 bridgehead atoms. The number of anilines is 1. The van der Waals surface area contributed by atoms with E-state index in [1.54, 1.807) is 12.1 Å². The zero-order valence-corrected chi connectivity index (χ0v) is 11.4. The lowest BCUT2D eigenvalue weighted by molar-refractivity contribution is 0.171. The van der Waals surface area contributed by atoms with E-state index in [-0.39, 0.29) is 0 Å². The van der Waals surface area contributed by atoms with Crippen LogP contribution in [-0.4, -0.2) is 24.3 Å². The minimum absolute atomic E-state index is 0.297. The molecule has 0 amide bonds. The number of hydrogen-bond acceptors (Lipinski definition) is 3. The van der Waals surface area contributed by atoms with E-state index in [2.05, 4.69) is 4.90 Å². The lowest BCUT2D eigenvalue weighted by Crippen LogP contribution is -2.38. The van der Waals surface area contributed by atoms with Gasteiger partial charge in [-0.15, -0.1) is 0 Å². The predicted molar refractivity (Wildman–Crippen MR) is 80.4 cm³/mol. The first-order chi connectivity index (χ1) is 9.81. The van der Waals surface area contributed by atoms with Gasteiger partial charge in [0.1, 0.15) is 17.6 Å². The summed E-state index contributed by atoms with van der Waals surface area (Å²) in [4.78, 5) is 2.34. The number of piperidine rings is 1. The third kappa shape index (κ3) is 3.05. The fraction of sp³-hybridized carbons (Fsp3) is 0.294. The summed E-state index contributed by atoms with van der Waals surface area (Å²) in [6.45, 7) is 1.98. The first-order valence-corrected chi connectivity index (χ1v) is 7.07. The summed E-state index contributed by atoms with van der Waals surface area (Å²) in [5.74, 6) is 1.27. The Labute approximate surface area is 119 Å². The Hall–Kier alpha value is -2.16. The van der Waals surface area contributed by atoms with E-state index < -0.39 is 0 Å². The van der Waals surface area contributed by atoms with Crippen LogP contribution < -0.4 is 9.64 Å². The van der Waals surface area contributed by atoms with E-state index in [0.717, 1.165) is 31.7 Å². The van der Waals surface area contributed by atoms with E-state index in [4.69, 9.17) is 4.74 Å². The standard InChI is InChI=1S/C17H19NO2/c19-15-8-6-14(7-9-15)18-12-10-17(11-13-18)20-16-4-2-1-3-5-16/h1-9,17,19H,10-13H2. The summed E-state index contributed by atoms with van der Waals surface area (Å²) in [6, 6.07) is 17.4. The second kappa shape index (κ2) is 5.87. The number of nitrogens with zero attached hydrogens (tertiary/aromatic N) is 1. The van der Waals surface area contributed by atoms with Crippen LogP contribution in [0.5, 0.6) is 11.5 Å². The average Bonchev–Trinajstić information content (AvgIpc) is 2.50.